The van der Waals surface area contributed by atoms with Gasteiger partial charge < -0.3 is 4.90 Å². The number of anilines is 1. The summed E-state index contributed by atoms with van der Waals surface area (Å²) < 4.78 is 33.1. The minimum Gasteiger partial charge on any atom is -0.363 e. The van der Waals surface area contributed by atoms with E-state index in [2.05, 4.69) is 4.98 Å². The van der Waals surface area contributed by atoms with E-state index in [4.69, 9.17) is 0 Å². The number of rotatable bonds is 4. The quantitative estimate of drug-likeness (QED) is 0.726. The third-order valence-corrected chi connectivity index (χ3v) is 2.60. The third-order valence-electron chi connectivity index (χ3n) is 1.91. The minimum atomic E-state index is -4.41. The van der Waals surface area contributed by atoms with Crippen LogP contribution in [-0.2, 0) is 16.6 Å². The third kappa shape index (κ3) is 3.83. The lowest BCUT2D eigenvalue weighted by Gasteiger charge is -2.14. The molecule has 0 fully saturated rings. The van der Waals surface area contributed by atoms with Gasteiger partial charge in [0.15, 0.2) is 0 Å². The number of nitrogens with zero attached hydrogens (tertiary/aromatic N) is 2. The average Bonchev–Trinajstić information content (AvgIpc) is 2.14. The average molecular weight is 232 g/mol. The summed E-state index contributed by atoms with van der Waals surface area (Å²) >= 11 is 0. The first kappa shape index (κ1) is 11.9. The van der Waals surface area contributed by atoms with Crippen LogP contribution in [-0.4, -0.2) is 33.2 Å². The predicted octanol–water partition coefficient (Wildman–Crippen LogP) is 0.989. The Bertz CT molecular complexity index is 431. The van der Waals surface area contributed by atoms with Crippen LogP contribution in [0.15, 0.2) is 18.3 Å². The van der Waals surface area contributed by atoms with Crippen molar-refractivity contribution in [3.63, 3.8) is 0 Å². The van der Waals surface area contributed by atoms with Crippen LogP contribution < -0.4 is 4.90 Å². The zero-order chi connectivity index (χ0) is 11.5. The minimum absolute atomic E-state index is 0.139. The summed E-state index contributed by atoms with van der Waals surface area (Å²) in [6.07, 6.45) is 1.75. The van der Waals surface area contributed by atoms with E-state index < -0.39 is 16.0 Å². The summed E-state index contributed by atoms with van der Waals surface area (Å²) in [5.41, 5.74) is 0.726. The van der Waals surface area contributed by atoms with Crippen molar-refractivity contribution >= 4 is 16.0 Å². The maximum Gasteiger partial charge on any atom is 0.302 e. The molecule has 0 spiro atoms. The molecule has 15 heavy (non-hydrogen) atoms. The first-order valence-corrected chi connectivity index (χ1v) is 5.99. The van der Waals surface area contributed by atoms with E-state index >= 15 is 0 Å². The Morgan fingerprint density at radius 2 is 2.13 bits per heavy atom. The zero-order valence-corrected chi connectivity index (χ0v) is 9.46. The smallest absolute Gasteiger partial charge is 0.302 e. The van der Waals surface area contributed by atoms with Gasteiger partial charge in [0.25, 0.3) is 0 Å². The van der Waals surface area contributed by atoms with E-state index in [9.17, 15) is 12.3 Å². The van der Waals surface area contributed by atoms with Crippen LogP contribution in [0.25, 0.3) is 0 Å². The molecule has 0 bridgehead atoms. The van der Waals surface area contributed by atoms with Crippen molar-refractivity contribution in [2.45, 2.75) is 6.42 Å². The van der Waals surface area contributed by atoms with Crippen LogP contribution in [0.4, 0.5) is 9.70 Å². The van der Waals surface area contributed by atoms with Crippen molar-refractivity contribution in [1.82, 2.24) is 4.98 Å². The Hall–Kier alpha value is -1.17. The van der Waals surface area contributed by atoms with Crippen LogP contribution in [0.2, 0.25) is 0 Å². The second-order valence-corrected chi connectivity index (χ2v) is 4.86. The first-order valence-electron chi connectivity index (χ1n) is 4.44. The Kier molecular flexibility index (Phi) is 3.62. The van der Waals surface area contributed by atoms with Crippen molar-refractivity contribution in [2.24, 2.45) is 0 Å². The van der Waals surface area contributed by atoms with Gasteiger partial charge in [-0.25, -0.2) is 4.98 Å². The maximum absolute atomic E-state index is 12.3. The lowest BCUT2D eigenvalue weighted by Crippen LogP contribution is -2.14. The Morgan fingerprint density at radius 3 is 2.67 bits per heavy atom. The van der Waals surface area contributed by atoms with Gasteiger partial charge in [-0.15, -0.1) is 3.89 Å². The summed E-state index contributed by atoms with van der Waals surface area (Å²) in [6.45, 7) is 0. The molecule has 0 N–H and O–H groups in total. The van der Waals surface area contributed by atoms with Gasteiger partial charge in [-0.05, 0) is 18.1 Å². The molecular formula is C9H13FN2O2S. The molecule has 0 unspecified atom stereocenters. The highest BCUT2D eigenvalue weighted by Crippen LogP contribution is 2.15. The monoisotopic (exact) mass is 232 g/mol. The maximum atomic E-state index is 12.3. The van der Waals surface area contributed by atoms with Gasteiger partial charge in [0.2, 0.25) is 0 Å². The topological polar surface area (TPSA) is 50.3 Å². The summed E-state index contributed by atoms with van der Waals surface area (Å²) in [7, 11) is -0.808. The van der Waals surface area contributed by atoms with E-state index in [-0.39, 0.29) is 6.42 Å². The normalized spacial score (nSPS) is 11.4. The Labute approximate surface area is 89.0 Å². The fourth-order valence-corrected chi connectivity index (χ4v) is 1.72. The van der Waals surface area contributed by atoms with Gasteiger partial charge >= 0.3 is 10.2 Å². The number of hydrogen-bond donors (Lipinski definition) is 0. The molecule has 1 aromatic rings. The Balaban J connectivity index is 2.85. The van der Waals surface area contributed by atoms with Crippen molar-refractivity contribution in [1.29, 1.82) is 0 Å². The van der Waals surface area contributed by atoms with Crippen molar-refractivity contribution < 1.29 is 12.3 Å². The number of aryl methyl sites for hydroxylation is 1. The lowest BCUT2D eigenvalue weighted by atomic mass is 10.2. The molecule has 1 aromatic heterocycles. The fourth-order valence-electron chi connectivity index (χ4n) is 1.26. The standard InChI is InChI=1S/C9H13FN2O2S/c1-12(2)9-8(4-3-6-11-9)5-7-15(10,13)14/h3-4,6H,5,7H2,1-2H3. The van der Waals surface area contributed by atoms with Crippen LogP contribution in [0.3, 0.4) is 0 Å². The molecule has 0 radical (unpaired) electrons. The molecule has 6 heteroatoms. The first-order chi connectivity index (χ1) is 6.90. The molecular weight excluding hydrogens is 219 g/mol. The number of pyridine rings is 1. The number of aromatic nitrogens is 1. The van der Waals surface area contributed by atoms with Crippen LogP contribution >= 0.6 is 0 Å². The van der Waals surface area contributed by atoms with E-state index in [0.717, 1.165) is 5.56 Å². The van der Waals surface area contributed by atoms with Gasteiger partial charge in [-0.3, -0.25) is 0 Å². The summed E-state index contributed by atoms with van der Waals surface area (Å²) in [4.78, 5) is 5.85. The van der Waals surface area contributed by atoms with E-state index in [1.54, 1.807) is 37.3 Å². The van der Waals surface area contributed by atoms with Gasteiger partial charge in [0, 0.05) is 20.3 Å². The second kappa shape index (κ2) is 4.57. The van der Waals surface area contributed by atoms with Gasteiger partial charge in [-0.1, -0.05) is 6.07 Å². The molecule has 1 rings (SSSR count). The molecule has 0 amide bonds. The Morgan fingerprint density at radius 1 is 1.47 bits per heavy atom. The molecule has 0 aromatic carbocycles. The molecule has 0 aliphatic carbocycles. The van der Waals surface area contributed by atoms with Crippen LogP contribution in [0.1, 0.15) is 5.56 Å². The van der Waals surface area contributed by atoms with E-state index in [1.807, 2.05) is 0 Å². The van der Waals surface area contributed by atoms with Crippen molar-refractivity contribution in [2.75, 3.05) is 24.7 Å². The zero-order valence-electron chi connectivity index (χ0n) is 8.64. The summed E-state index contributed by atoms with van der Waals surface area (Å²) in [6, 6.07) is 3.45. The molecule has 0 aliphatic rings. The lowest BCUT2D eigenvalue weighted by molar-refractivity contribution is 0.551. The highest BCUT2D eigenvalue weighted by Gasteiger charge is 2.11. The summed E-state index contributed by atoms with van der Waals surface area (Å²) in [5, 5.41) is 0. The molecule has 4 nitrogen and oxygen atoms in total. The van der Waals surface area contributed by atoms with Crippen LogP contribution in [0, 0.1) is 0 Å². The SMILES string of the molecule is CN(C)c1ncccc1CCS(=O)(=O)F. The molecule has 0 atom stereocenters. The van der Waals surface area contributed by atoms with Gasteiger partial charge in [0.05, 0.1) is 5.75 Å². The molecule has 0 saturated carbocycles. The largest absolute Gasteiger partial charge is 0.363 e. The fraction of sp³-hybridized carbons (Fsp3) is 0.444. The van der Waals surface area contributed by atoms with Gasteiger partial charge in [-0.2, -0.15) is 8.42 Å². The summed E-state index contributed by atoms with van der Waals surface area (Å²) in [5.74, 6) is 0.167. The molecule has 1 heterocycles. The number of halogens is 1. The van der Waals surface area contributed by atoms with Crippen molar-refractivity contribution in [3.8, 4) is 0 Å². The van der Waals surface area contributed by atoms with Crippen molar-refractivity contribution in [3.05, 3.63) is 23.9 Å². The highest BCUT2D eigenvalue weighted by atomic mass is 32.3. The molecule has 0 saturated heterocycles. The van der Waals surface area contributed by atoms with E-state index in [1.165, 1.54) is 0 Å². The number of hydrogen-bond acceptors (Lipinski definition) is 4. The van der Waals surface area contributed by atoms with Crippen LogP contribution in [0.5, 0.6) is 0 Å². The molecule has 84 valence electrons. The predicted molar refractivity (Wildman–Crippen MR) is 57.2 cm³/mol. The molecule has 0 aliphatic heterocycles. The second-order valence-electron chi connectivity index (χ2n) is 3.37. The van der Waals surface area contributed by atoms with E-state index in [0.29, 0.717) is 5.82 Å². The van der Waals surface area contributed by atoms with Gasteiger partial charge in [0.1, 0.15) is 5.82 Å². The highest BCUT2D eigenvalue weighted by molar-refractivity contribution is 7.86.